The summed E-state index contributed by atoms with van der Waals surface area (Å²) in [6, 6.07) is 8.89. The molecule has 1 aromatic heterocycles. The lowest BCUT2D eigenvalue weighted by molar-refractivity contribution is -0.136. The van der Waals surface area contributed by atoms with Crippen molar-refractivity contribution in [3.05, 3.63) is 69.8 Å². The number of benzene rings is 2. The molecule has 0 saturated heterocycles. The monoisotopic (exact) mass is 395 g/mol. The maximum absolute atomic E-state index is 13.1. The van der Waals surface area contributed by atoms with Gasteiger partial charge in [0.1, 0.15) is 24.4 Å². The van der Waals surface area contributed by atoms with E-state index in [4.69, 9.17) is 37.5 Å². The van der Waals surface area contributed by atoms with Crippen LogP contribution in [0.2, 0.25) is 10.0 Å². The first kappa shape index (κ1) is 18.2. The number of carboxylic acid groups (broad SMARTS) is 1. The minimum atomic E-state index is -1.02. The zero-order valence-corrected chi connectivity index (χ0v) is 14.7. The Morgan fingerprint density at radius 2 is 2.04 bits per heavy atom. The van der Waals surface area contributed by atoms with E-state index in [1.54, 1.807) is 18.2 Å². The Morgan fingerprint density at radius 1 is 1.23 bits per heavy atom. The van der Waals surface area contributed by atoms with Crippen molar-refractivity contribution in [1.29, 1.82) is 0 Å². The number of rotatable bonds is 6. The molecule has 0 spiro atoms. The van der Waals surface area contributed by atoms with E-state index in [0.717, 1.165) is 0 Å². The van der Waals surface area contributed by atoms with Crippen LogP contribution in [0.15, 0.2) is 47.1 Å². The molecule has 0 aliphatic heterocycles. The lowest BCUT2D eigenvalue weighted by Crippen LogP contribution is -2.00. The molecule has 3 aromatic rings. The maximum atomic E-state index is 13.1. The fourth-order valence-electron chi connectivity index (χ4n) is 2.26. The average molecular weight is 396 g/mol. The summed E-state index contributed by atoms with van der Waals surface area (Å²) in [5, 5.41) is 9.52. The lowest BCUT2D eigenvalue weighted by Gasteiger charge is -2.11. The number of hydrogen-bond acceptors (Lipinski definition) is 4. The number of ether oxygens (including phenoxy) is 1. The molecule has 26 heavy (non-hydrogen) atoms. The second-order valence-electron chi connectivity index (χ2n) is 5.38. The normalized spacial score (nSPS) is 10.7. The molecule has 134 valence electrons. The molecule has 1 N–H and O–H groups in total. The van der Waals surface area contributed by atoms with E-state index >= 15 is 0 Å². The third-order valence-corrected chi connectivity index (χ3v) is 4.04. The van der Waals surface area contributed by atoms with Gasteiger partial charge in [0.15, 0.2) is 0 Å². The summed E-state index contributed by atoms with van der Waals surface area (Å²) in [7, 11) is 0. The molecule has 0 radical (unpaired) electrons. The molecular formula is C18H12Cl2FNO4. The van der Waals surface area contributed by atoms with E-state index < -0.39 is 11.8 Å². The molecule has 1 heterocycles. The molecule has 0 atom stereocenters. The van der Waals surface area contributed by atoms with Crippen LogP contribution >= 0.6 is 23.2 Å². The van der Waals surface area contributed by atoms with Gasteiger partial charge in [0.2, 0.25) is 5.89 Å². The Morgan fingerprint density at radius 3 is 2.77 bits per heavy atom. The van der Waals surface area contributed by atoms with Gasteiger partial charge in [0.25, 0.3) is 0 Å². The molecule has 0 bridgehead atoms. The van der Waals surface area contributed by atoms with Crippen molar-refractivity contribution in [3.63, 3.8) is 0 Å². The van der Waals surface area contributed by atoms with Gasteiger partial charge in [-0.15, -0.1) is 0 Å². The van der Waals surface area contributed by atoms with Crippen LogP contribution in [0.25, 0.3) is 11.5 Å². The van der Waals surface area contributed by atoms with Gasteiger partial charge < -0.3 is 14.3 Å². The van der Waals surface area contributed by atoms with Gasteiger partial charge >= 0.3 is 5.97 Å². The van der Waals surface area contributed by atoms with Crippen LogP contribution in [0.1, 0.15) is 11.3 Å². The van der Waals surface area contributed by atoms with E-state index in [1.807, 2.05) is 0 Å². The summed E-state index contributed by atoms with van der Waals surface area (Å²) >= 11 is 12.0. The van der Waals surface area contributed by atoms with Gasteiger partial charge in [0.05, 0.1) is 22.7 Å². The zero-order chi connectivity index (χ0) is 18.7. The van der Waals surface area contributed by atoms with E-state index in [9.17, 15) is 9.18 Å². The van der Waals surface area contributed by atoms with Crippen LogP contribution < -0.4 is 4.74 Å². The fourth-order valence-corrected chi connectivity index (χ4v) is 2.65. The Labute approximate surface area is 157 Å². The number of hydrogen-bond donors (Lipinski definition) is 1. The number of aromatic nitrogens is 1. The molecule has 2 aromatic carbocycles. The topological polar surface area (TPSA) is 72.6 Å². The average Bonchev–Trinajstić information content (AvgIpc) is 3.02. The van der Waals surface area contributed by atoms with E-state index in [2.05, 4.69) is 4.98 Å². The number of aliphatic carboxylic acids is 1. The second kappa shape index (κ2) is 7.76. The highest BCUT2D eigenvalue weighted by atomic mass is 35.5. The Balaban J connectivity index is 1.86. The SMILES string of the molecule is O=C(O)Cc1coc(-c2cc(Cl)ccc2OCc2ccc(F)cc2Cl)n1. The summed E-state index contributed by atoms with van der Waals surface area (Å²) in [6.45, 7) is 0.0937. The Bertz CT molecular complexity index is 958. The van der Waals surface area contributed by atoms with Crippen LogP contribution in [-0.4, -0.2) is 16.1 Å². The first-order chi connectivity index (χ1) is 12.4. The summed E-state index contributed by atoms with van der Waals surface area (Å²) in [4.78, 5) is 14.9. The molecule has 0 aliphatic carbocycles. The highest BCUT2D eigenvalue weighted by molar-refractivity contribution is 6.31. The van der Waals surface area contributed by atoms with Crippen molar-refractivity contribution < 1.29 is 23.4 Å². The minimum absolute atomic E-state index is 0.0937. The largest absolute Gasteiger partial charge is 0.488 e. The highest BCUT2D eigenvalue weighted by Crippen LogP contribution is 2.33. The molecule has 0 aliphatic rings. The van der Waals surface area contributed by atoms with Crippen molar-refractivity contribution >= 4 is 29.2 Å². The van der Waals surface area contributed by atoms with Gasteiger partial charge in [-0.1, -0.05) is 29.3 Å². The number of oxazole rings is 1. The van der Waals surface area contributed by atoms with Crippen molar-refractivity contribution in [2.45, 2.75) is 13.0 Å². The Kier molecular flexibility index (Phi) is 5.44. The minimum Gasteiger partial charge on any atom is -0.488 e. The van der Waals surface area contributed by atoms with Crippen LogP contribution in [0.5, 0.6) is 5.75 Å². The molecule has 0 amide bonds. The molecular weight excluding hydrogens is 384 g/mol. The van der Waals surface area contributed by atoms with Crippen molar-refractivity contribution in [1.82, 2.24) is 4.98 Å². The lowest BCUT2D eigenvalue weighted by atomic mass is 10.2. The van der Waals surface area contributed by atoms with Crippen molar-refractivity contribution in [2.24, 2.45) is 0 Å². The molecule has 5 nitrogen and oxygen atoms in total. The van der Waals surface area contributed by atoms with Gasteiger partial charge in [-0.05, 0) is 30.3 Å². The number of carbonyl (C=O) groups is 1. The third-order valence-electron chi connectivity index (χ3n) is 3.45. The summed E-state index contributed by atoms with van der Waals surface area (Å²) < 4.78 is 24.2. The van der Waals surface area contributed by atoms with Crippen molar-refractivity contribution in [3.8, 4) is 17.2 Å². The van der Waals surface area contributed by atoms with Crippen LogP contribution in [-0.2, 0) is 17.8 Å². The predicted octanol–water partition coefficient (Wildman–Crippen LogP) is 4.99. The standard InChI is InChI=1S/C18H12Cl2FNO4/c19-11-2-4-16(25-8-10-1-3-12(21)6-15(10)20)14(5-11)18-22-13(9-26-18)7-17(23)24/h1-6,9H,7-8H2,(H,23,24). The molecule has 0 fully saturated rings. The van der Waals surface area contributed by atoms with Crippen LogP contribution in [0.3, 0.4) is 0 Å². The summed E-state index contributed by atoms with van der Waals surface area (Å²) in [5.41, 5.74) is 1.35. The molecule has 0 unspecified atom stereocenters. The van der Waals surface area contributed by atoms with E-state index in [0.29, 0.717) is 21.9 Å². The van der Waals surface area contributed by atoms with Gasteiger partial charge in [0, 0.05) is 10.6 Å². The smallest absolute Gasteiger partial charge is 0.309 e. The van der Waals surface area contributed by atoms with Crippen LogP contribution in [0.4, 0.5) is 4.39 Å². The van der Waals surface area contributed by atoms with Gasteiger partial charge in [-0.2, -0.15) is 0 Å². The predicted molar refractivity (Wildman–Crippen MR) is 94.0 cm³/mol. The second-order valence-corrected chi connectivity index (χ2v) is 6.22. The number of carboxylic acids is 1. The summed E-state index contributed by atoms with van der Waals surface area (Å²) in [5.74, 6) is -0.850. The van der Waals surface area contributed by atoms with Crippen molar-refractivity contribution in [2.75, 3.05) is 0 Å². The van der Waals surface area contributed by atoms with Crippen LogP contribution in [0, 0.1) is 5.82 Å². The highest BCUT2D eigenvalue weighted by Gasteiger charge is 2.15. The van der Waals surface area contributed by atoms with E-state index in [-0.39, 0.29) is 29.6 Å². The third kappa shape index (κ3) is 4.33. The van der Waals surface area contributed by atoms with E-state index in [1.165, 1.54) is 24.5 Å². The van der Waals surface area contributed by atoms with Gasteiger partial charge in [-0.3, -0.25) is 4.79 Å². The first-order valence-electron chi connectivity index (χ1n) is 7.45. The Hall–Kier alpha value is -2.57. The van der Waals surface area contributed by atoms with Gasteiger partial charge in [-0.25, -0.2) is 9.37 Å². The molecule has 3 rings (SSSR count). The molecule has 8 heteroatoms. The summed E-state index contributed by atoms with van der Waals surface area (Å²) in [6.07, 6.45) is 1.01. The number of nitrogens with zero attached hydrogens (tertiary/aromatic N) is 1. The molecule has 0 saturated carbocycles. The first-order valence-corrected chi connectivity index (χ1v) is 8.21. The maximum Gasteiger partial charge on any atom is 0.309 e. The zero-order valence-electron chi connectivity index (χ0n) is 13.2. The fraction of sp³-hybridized carbons (Fsp3) is 0.111. The quantitative estimate of drug-likeness (QED) is 0.635. The number of halogens is 3.